The molecule has 5 aromatic carbocycles. The monoisotopic (exact) mass is 678 g/mol. The Morgan fingerprint density at radius 1 is 0.615 bits per heavy atom. The summed E-state index contributed by atoms with van der Waals surface area (Å²) in [6.45, 7) is 3.79. The maximum absolute atomic E-state index is 4.79. The molecule has 0 aliphatic heterocycles. The van der Waals surface area contributed by atoms with Gasteiger partial charge in [-0.15, -0.1) is 5.10 Å². The Balaban J connectivity index is 1.21. The summed E-state index contributed by atoms with van der Waals surface area (Å²) in [5.74, 6) is 1.53. The number of tetrazole rings is 1. The fraction of sp³-hybridized carbons (Fsp3) is 0.136. The van der Waals surface area contributed by atoms with Crippen molar-refractivity contribution in [3.05, 3.63) is 186 Å². The van der Waals surface area contributed by atoms with E-state index < -0.39 is 5.54 Å². The fourth-order valence-electron chi connectivity index (χ4n) is 7.15. The summed E-state index contributed by atoms with van der Waals surface area (Å²) in [4.78, 5) is 16.1. The van der Waals surface area contributed by atoms with E-state index in [9.17, 15) is 0 Å². The number of pyridine rings is 1. The Morgan fingerprint density at radius 3 is 1.87 bits per heavy atom. The van der Waals surface area contributed by atoms with Crippen LogP contribution in [0.15, 0.2) is 164 Å². The minimum atomic E-state index is -0.846. The molecule has 0 bridgehead atoms. The van der Waals surface area contributed by atoms with Gasteiger partial charge in [-0.05, 0) is 62.4 Å². The molecule has 52 heavy (non-hydrogen) atoms. The molecule has 0 aliphatic carbocycles. The van der Waals surface area contributed by atoms with Crippen molar-refractivity contribution in [3.63, 3.8) is 0 Å². The van der Waals surface area contributed by atoms with E-state index in [1.165, 1.54) is 5.56 Å². The Bertz CT molecular complexity index is 2270. The third kappa shape index (κ3) is 6.09. The summed E-state index contributed by atoms with van der Waals surface area (Å²) < 4.78 is 1.99. The number of benzene rings is 5. The first-order chi connectivity index (χ1) is 25.8. The smallest absolute Gasteiger partial charge is 0.184 e. The van der Waals surface area contributed by atoms with Crippen LogP contribution in [0.1, 0.15) is 42.0 Å². The molecule has 8 nitrogen and oxygen atoms in total. The molecule has 0 saturated carbocycles. The van der Waals surface area contributed by atoms with Gasteiger partial charge in [0.1, 0.15) is 17.4 Å². The van der Waals surface area contributed by atoms with Crippen molar-refractivity contribution in [3.8, 4) is 22.5 Å². The van der Waals surface area contributed by atoms with E-state index >= 15 is 0 Å². The first-order valence-corrected chi connectivity index (χ1v) is 17.7. The van der Waals surface area contributed by atoms with Gasteiger partial charge in [-0.25, -0.2) is 14.6 Å². The maximum Gasteiger partial charge on any atom is 0.184 e. The van der Waals surface area contributed by atoms with E-state index in [4.69, 9.17) is 10.3 Å². The number of anilines is 1. The SMILES string of the molecule is CCCCN(Cc1ccc(-c2ccccc2-c2nnnn2C(c2ccccc2)(c2ccccc2)c2ccccc2)cc1)c1ncnc2cccnc12. The second-order valence-corrected chi connectivity index (χ2v) is 12.8. The van der Waals surface area contributed by atoms with Crippen LogP contribution in [-0.2, 0) is 12.1 Å². The summed E-state index contributed by atoms with van der Waals surface area (Å²) >= 11 is 0. The molecule has 0 aliphatic rings. The highest BCUT2D eigenvalue weighted by molar-refractivity contribution is 5.85. The first-order valence-electron chi connectivity index (χ1n) is 17.7. The van der Waals surface area contributed by atoms with Gasteiger partial charge in [0.15, 0.2) is 11.6 Å². The first kappa shape index (κ1) is 32.7. The van der Waals surface area contributed by atoms with Crippen molar-refractivity contribution < 1.29 is 0 Å². The lowest BCUT2D eigenvalue weighted by atomic mass is 9.77. The van der Waals surface area contributed by atoms with Gasteiger partial charge < -0.3 is 4.90 Å². The molecule has 8 aromatic rings. The molecular formula is C44H38N8. The third-order valence-corrected chi connectivity index (χ3v) is 9.62. The minimum absolute atomic E-state index is 0.671. The molecule has 254 valence electrons. The van der Waals surface area contributed by atoms with Gasteiger partial charge in [-0.3, -0.25) is 4.98 Å². The van der Waals surface area contributed by atoms with E-state index in [1.54, 1.807) is 12.5 Å². The van der Waals surface area contributed by atoms with E-state index in [1.807, 2.05) is 41.1 Å². The van der Waals surface area contributed by atoms with Crippen molar-refractivity contribution in [2.24, 2.45) is 0 Å². The predicted molar refractivity (Wildman–Crippen MR) is 207 cm³/mol. The molecule has 0 spiro atoms. The van der Waals surface area contributed by atoms with E-state index in [0.29, 0.717) is 12.4 Å². The predicted octanol–water partition coefficient (Wildman–Crippen LogP) is 8.99. The van der Waals surface area contributed by atoms with Crippen LogP contribution < -0.4 is 4.90 Å². The summed E-state index contributed by atoms with van der Waals surface area (Å²) in [6, 6.07) is 52.5. The Morgan fingerprint density at radius 2 is 1.23 bits per heavy atom. The summed E-state index contributed by atoms with van der Waals surface area (Å²) in [5.41, 5.74) is 8.24. The topological polar surface area (TPSA) is 85.5 Å². The molecule has 0 unspecified atom stereocenters. The maximum atomic E-state index is 4.79. The molecular weight excluding hydrogens is 641 g/mol. The van der Waals surface area contributed by atoms with Crippen LogP contribution in [-0.4, -0.2) is 41.7 Å². The molecule has 3 heterocycles. The van der Waals surface area contributed by atoms with Crippen molar-refractivity contribution >= 4 is 16.9 Å². The van der Waals surface area contributed by atoms with Crippen molar-refractivity contribution in [2.75, 3.05) is 11.4 Å². The third-order valence-electron chi connectivity index (χ3n) is 9.62. The van der Waals surface area contributed by atoms with Crippen molar-refractivity contribution in [1.82, 2.24) is 35.2 Å². The van der Waals surface area contributed by atoms with Crippen LogP contribution >= 0.6 is 0 Å². The zero-order valence-corrected chi connectivity index (χ0v) is 29.0. The van der Waals surface area contributed by atoms with Crippen molar-refractivity contribution in [1.29, 1.82) is 0 Å². The number of unbranched alkanes of at least 4 members (excludes halogenated alkanes) is 1. The average molecular weight is 679 g/mol. The molecule has 8 rings (SSSR count). The van der Waals surface area contributed by atoms with E-state index in [0.717, 1.165) is 69.6 Å². The van der Waals surface area contributed by atoms with Gasteiger partial charge in [0, 0.05) is 24.8 Å². The number of aromatic nitrogens is 7. The Hall–Kier alpha value is -6.54. The average Bonchev–Trinajstić information content (AvgIpc) is 3.71. The number of hydrogen-bond acceptors (Lipinski definition) is 7. The molecule has 0 amide bonds. The number of nitrogens with zero attached hydrogens (tertiary/aromatic N) is 8. The van der Waals surface area contributed by atoms with Crippen molar-refractivity contribution in [2.45, 2.75) is 31.8 Å². The number of hydrogen-bond donors (Lipinski definition) is 0. The van der Waals surface area contributed by atoms with E-state index in [-0.39, 0.29) is 0 Å². The molecule has 8 heteroatoms. The van der Waals surface area contributed by atoms with Crippen LogP contribution in [0.5, 0.6) is 0 Å². The standard InChI is InChI=1S/C44H38N8/c1-2-3-30-51(43-41-40(46-32-47-43)24-15-29-45-41)31-33-25-27-34(28-26-33)38-22-13-14-23-39(38)42-48-49-50-52(42)44(35-16-7-4-8-17-35,36-18-9-5-10-19-36)37-20-11-6-12-21-37/h4-29,32H,2-3,30-31H2,1H3. The summed E-state index contributed by atoms with van der Waals surface area (Å²) in [5, 5.41) is 13.9. The van der Waals surface area contributed by atoms with Crippen LogP contribution in [0.25, 0.3) is 33.5 Å². The fourth-order valence-corrected chi connectivity index (χ4v) is 7.15. The molecule has 0 N–H and O–H groups in total. The second kappa shape index (κ2) is 14.7. The lowest BCUT2D eigenvalue weighted by molar-refractivity contribution is 0.451. The van der Waals surface area contributed by atoms with Gasteiger partial charge in [0.05, 0.1) is 5.52 Å². The van der Waals surface area contributed by atoms with Crippen LogP contribution in [0.3, 0.4) is 0 Å². The zero-order valence-electron chi connectivity index (χ0n) is 29.0. The largest absolute Gasteiger partial charge is 0.350 e. The van der Waals surface area contributed by atoms with Gasteiger partial charge in [0.25, 0.3) is 0 Å². The van der Waals surface area contributed by atoms with Crippen LogP contribution in [0, 0.1) is 0 Å². The van der Waals surface area contributed by atoms with Gasteiger partial charge in [0.2, 0.25) is 0 Å². The van der Waals surface area contributed by atoms with Crippen LogP contribution in [0.4, 0.5) is 5.82 Å². The number of rotatable bonds is 12. The van der Waals surface area contributed by atoms with Crippen LogP contribution in [0.2, 0.25) is 0 Å². The normalized spacial score (nSPS) is 11.5. The minimum Gasteiger partial charge on any atom is -0.350 e. The highest BCUT2D eigenvalue weighted by Crippen LogP contribution is 2.43. The van der Waals surface area contributed by atoms with E-state index in [2.05, 4.69) is 147 Å². The highest BCUT2D eigenvalue weighted by atomic mass is 15.6. The number of fused-ring (bicyclic) bond motifs is 1. The second-order valence-electron chi connectivity index (χ2n) is 12.8. The highest BCUT2D eigenvalue weighted by Gasteiger charge is 2.42. The van der Waals surface area contributed by atoms with Gasteiger partial charge >= 0.3 is 0 Å². The Labute approximate surface area is 303 Å². The molecule has 3 aromatic heterocycles. The quantitative estimate of drug-likeness (QED) is 0.119. The summed E-state index contributed by atoms with van der Waals surface area (Å²) in [7, 11) is 0. The zero-order chi connectivity index (χ0) is 35.2. The summed E-state index contributed by atoms with van der Waals surface area (Å²) in [6.07, 6.45) is 5.57. The van der Waals surface area contributed by atoms with Gasteiger partial charge in [-0.1, -0.05) is 153 Å². The molecule has 0 saturated heterocycles. The van der Waals surface area contributed by atoms with Gasteiger partial charge in [-0.2, -0.15) is 0 Å². The Kier molecular flexibility index (Phi) is 9.26. The molecule has 0 atom stereocenters. The lowest BCUT2D eigenvalue weighted by Crippen LogP contribution is -2.39. The molecule has 0 fully saturated rings. The lowest BCUT2D eigenvalue weighted by Gasteiger charge is -2.36. The molecule has 0 radical (unpaired) electrons.